The molecule has 4 rings (SSSR count). The summed E-state index contributed by atoms with van der Waals surface area (Å²) in [5, 5.41) is 11.4. The van der Waals surface area contributed by atoms with Crippen LogP contribution in [-0.4, -0.2) is 36.9 Å². The van der Waals surface area contributed by atoms with Gasteiger partial charge in [-0.2, -0.15) is 0 Å². The van der Waals surface area contributed by atoms with E-state index in [0.29, 0.717) is 23.9 Å². The fourth-order valence-corrected chi connectivity index (χ4v) is 4.33. The number of ether oxygens (including phenoxy) is 1. The molecule has 9 heteroatoms. The standard InChI is InChI=1S/C24H25N5O3S/c1-4-20(22(30)25-19-9-7-6-8-16(19)3)33-24-27-26-21-23(31)28(14-15-29(21)24)17-10-12-18(13-11-17)32-5-2/h6-15,20H,4-5H2,1-3H3,(H,25,30)/t20-/m1/s1. The largest absolute Gasteiger partial charge is 0.494 e. The van der Waals surface area contributed by atoms with Gasteiger partial charge in [-0.25, -0.2) is 0 Å². The number of hydrogen-bond acceptors (Lipinski definition) is 6. The van der Waals surface area contributed by atoms with E-state index in [0.717, 1.165) is 17.0 Å². The van der Waals surface area contributed by atoms with Gasteiger partial charge in [0.15, 0.2) is 5.16 Å². The van der Waals surface area contributed by atoms with Crippen molar-refractivity contribution in [3.05, 3.63) is 76.8 Å². The van der Waals surface area contributed by atoms with Crippen LogP contribution in [0.4, 0.5) is 5.69 Å². The van der Waals surface area contributed by atoms with Gasteiger partial charge >= 0.3 is 5.56 Å². The number of benzene rings is 2. The molecule has 0 aliphatic heterocycles. The summed E-state index contributed by atoms with van der Waals surface area (Å²) in [6.45, 7) is 6.39. The average molecular weight is 464 g/mol. The van der Waals surface area contributed by atoms with E-state index in [4.69, 9.17) is 4.74 Å². The Bertz CT molecular complexity index is 1330. The van der Waals surface area contributed by atoms with Gasteiger partial charge < -0.3 is 10.1 Å². The van der Waals surface area contributed by atoms with Gasteiger partial charge in [-0.1, -0.05) is 36.9 Å². The van der Waals surface area contributed by atoms with Crippen molar-refractivity contribution >= 4 is 29.0 Å². The van der Waals surface area contributed by atoms with Gasteiger partial charge in [0.1, 0.15) is 5.75 Å². The van der Waals surface area contributed by atoms with Crippen LogP contribution >= 0.6 is 11.8 Å². The minimum Gasteiger partial charge on any atom is -0.494 e. The molecule has 0 aliphatic carbocycles. The average Bonchev–Trinajstić information content (AvgIpc) is 3.23. The highest BCUT2D eigenvalue weighted by molar-refractivity contribution is 8.00. The van der Waals surface area contributed by atoms with Crippen LogP contribution in [0.5, 0.6) is 5.75 Å². The minimum absolute atomic E-state index is 0.115. The first-order chi connectivity index (χ1) is 16.0. The predicted molar refractivity (Wildman–Crippen MR) is 129 cm³/mol. The quantitative estimate of drug-likeness (QED) is 0.396. The number of carbonyl (C=O) groups excluding carboxylic acids is 1. The molecule has 1 N–H and O–H groups in total. The van der Waals surface area contributed by atoms with Gasteiger partial charge in [0, 0.05) is 23.8 Å². The van der Waals surface area contributed by atoms with Gasteiger partial charge in [-0.3, -0.25) is 18.6 Å². The van der Waals surface area contributed by atoms with Crippen molar-refractivity contribution in [3.63, 3.8) is 0 Å². The Kier molecular flexibility index (Phi) is 6.79. The molecule has 4 aromatic rings. The number of rotatable bonds is 8. The number of carbonyl (C=O) groups is 1. The number of aryl methyl sites for hydroxylation is 1. The zero-order valence-electron chi connectivity index (χ0n) is 18.7. The molecule has 0 radical (unpaired) electrons. The molecule has 0 aliphatic rings. The monoisotopic (exact) mass is 463 g/mol. The normalized spacial score (nSPS) is 12.0. The van der Waals surface area contributed by atoms with Gasteiger partial charge in [-0.05, 0) is 56.2 Å². The lowest BCUT2D eigenvalue weighted by Crippen LogP contribution is -2.25. The molecule has 1 atom stereocenters. The SMILES string of the molecule is CCOc1ccc(-n2ccn3c(S[C@H](CC)C(=O)Nc4ccccc4C)nnc3c2=O)cc1. The summed E-state index contributed by atoms with van der Waals surface area (Å²) in [5.41, 5.74) is 2.38. The minimum atomic E-state index is -0.384. The highest BCUT2D eigenvalue weighted by Crippen LogP contribution is 2.26. The van der Waals surface area contributed by atoms with E-state index in [1.165, 1.54) is 16.3 Å². The Labute approximate surface area is 195 Å². The smallest absolute Gasteiger partial charge is 0.300 e. The van der Waals surface area contributed by atoms with Crippen molar-refractivity contribution in [1.82, 2.24) is 19.2 Å². The summed E-state index contributed by atoms with van der Waals surface area (Å²) in [5.74, 6) is 0.627. The van der Waals surface area contributed by atoms with Crippen LogP contribution in [0.2, 0.25) is 0 Å². The first-order valence-electron chi connectivity index (χ1n) is 10.7. The van der Waals surface area contributed by atoms with Crippen molar-refractivity contribution in [2.24, 2.45) is 0 Å². The van der Waals surface area contributed by atoms with Crippen molar-refractivity contribution < 1.29 is 9.53 Å². The van der Waals surface area contributed by atoms with Gasteiger partial charge in [0.25, 0.3) is 0 Å². The second kappa shape index (κ2) is 9.91. The lowest BCUT2D eigenvalue weighted by molar-refractivity contribution is -0.115. The molecule has 2 aromatic heterocycles. The van der Waals surface area contributed by atoms with E-state index >= 15 is 0 Å². The van der Waals surface area contributed by atoms with Crippen molar-refractivity contribution in [2.45, 2.75) is 37.6 Å². The van der Waals surface area contributed by atoms with Crippen LogP contribution in [-0.2, 0) is 4.79 Å². The first kappa shape index (κ1) is 22.6. The molecule has 33 heavy (non-hydrogen) atoms. The molecule has 2 heterocycles. The summed E-state index contributed by atoms with van der Waals surface area (Å²) in [4.78, 5) is 25.9. The highest BCUT2D eigenvalue weighted by atomic mass is 32.2. The summed E-state index contributed by atoms with van der Waals surface area (Å²) >= 11 is 1.29. The van der Waals surface area contributed by atoms with E-state index in [1.807, 2.05) is 69.3 Å². The number of aromatic nitrogens is 4. The Hall–Kier alpha value is -3.59. The van der Waals surface area contributed by atoms with E-state index in [1.54, 1.807) is 16.8 Å². The maximum atomic E-state index is 13.0. The molecular formula is C24H25N5O3S. The van der Waals surface area contributed by atoms with E-state index in [2.05, 4.69) is 15.5 Å². The summed E-state index contributed by atoms with van der Waals surface area (Å²) in [6.07, 6.45) is 4.01. The van der Waals surface area contributed by atoms with E-state index in [9.17, 15) is 9.59 Å². The molecular weight excluding hydrogens is 438 g/mol. The third-order valence-corrected chi connectivity index (χ3v) is 6.50. The fraction of sp³-hybridized carbons (Fsp3) is 0.250. The lowest BCUT2D eigenvalue weighted by Gasteiger charge is -2.15. The Morgan fingerprint density at radius 2 is 1.85 bits per heavy atom. The van der Waals surface area contributed by atoms with Gasteiger partial charge in [-0.15, -0.1) is 10.2 Å². The van der Waals surface area contributed by atoms with E-state index in [-0.39, 0.29) is 22.4 Å². The lowest BCUT2D eigenvalue weighted by atomic mass is 10.2. The molecule has 170 valence electrons. The van der Waals surface area contributed by atoms with Crippen molar-refractivity contribution in [1.29, 1.82) is 0 Å². The molecule has 0 saturated carbocycles. The highest BCUT2D eigenvalue weighted by Gasteiger charge is 2.22. The third-order valence-electron chi connectivity index (χ3n) is 5.18. The molecule has 0 saturated heterocycles. The number of anilines is 1. The third kappa shape index (κ3) is 4.78. The number of nitrogens with one attached hydrogen (secondary N) is 1. The molecule has 0 bridgehead atoms. The van der Waals surface area contributed by atoms with Crippen LogP contribution in [0, 0.1) is 6.92 Å². The Balaban J connectivity index is 1.57. The maximum Gasteiger partial charge on any atom is 0.300 e. The van der Waals surface area contributed by atoms with E-state index < -0.39 is 0 Å². The zero-order chi connectivity index (χ0) is 23.4. The number of thioether (sulfide) groups is 1. The van der Waals surface area contributed by atoms with Gasteiger partial charge in [0.2, 0.25) is 11.6 Å². The zero-order valence-corrected chi connectivity index (χ0v) is 19.5. The number of fused-ring (bicyclic) bond motifs is 1. The number of hydrogen-bond donors (Lipinski definition) is 1. The van der Waals surface area contributed by atoms with Crippen LogP contribution in [0.25, 0.3) is 11.3 Å². The van der Waals surface area contributed by atoms with Crippen molar-refractivity contribution in [2.75, 3.05) is 11.9 Å². The maximum absolute atomic E-state index is 13.0. The molecule has 8 nitrogen and oxygen atoms in total. The Morgan fingerprint density at radius 3 is 2.55 bits per heavy atom. The molecule has 0 unspecified atom stereocenters. The van der Waals surface area contributed by atoms with Gasteiger partial charge in [0.05, 0.1) is 11.9 Å². The number of amides is 1. The first-order valence-corrected chi connectivity index (χ1v) is 11.6. The van der Waals surface area contributed by atoms with Crippen molar-refractivity contribution in [3.8, 4) is 11.4 Å². The second-order valence-electron chi connectivity index (χ2n) is 7.40. The molecule has 2 aromatic carbocycles. The van der Waals surface area contributed by atoms with Crippen LogP contribution in [0.3, 0.4) is 0 Å². The summed E-state index contributed by atoms with van der Waals surface area (Å²) < 4.78 is 8.60. The molecule has 0 spiro atoms. The Morgan fingerprint density at radius 1 is 1.09 bits per heavy atom. The summed E-state index contributed by atoms with van der Waals surface area (Å²) in [7, 11) is 0. The number of nitrogens with zero attached hydrogens (tertiary/aromatic N) is 4. The fourth-order valence-electron chi connectivity index (χ4n) is 3.40. The molecule has 0 fully saturated rings. The molecule has 1 amide bonds. The van der Waals surface area contributed by atoms with Crippen LogP contribution in [0.15, 0.2) is 70.9 Å². The summed E-state index contributed by atoms with van der Waals surface area (Å²) in [6, 6.07) is 14.9. The number of para-hydroxylation sites is 1. The predicted octanol–water partition coefficient (Wildman–Crippen LogP) is 4.10. The second-order valence-corrected chi connectivity index (χ2v) is 8.57. The topological polar surface area (TPSA) is 90.5 Å². The van der Waals surface area contributed by atoms with Crippen LogP contribution < -0.4 is 15.6 Å². The van der Waals surface area contributed by atoms with Crippen LogP contribution in [0.1, 0.15) is 25.8 Å².